The van der Waals surface area contributed by atoms with Gasteiger partial charge in [0.1, 0.15) is 0 Å². The molecule has 0 fully saturated rings. The van der Waals surface area contributed by atoms with Crippen LogP contribution in [0.5, 0.6) is 0 Å². The Labute approximate surface area is 85.8 Å². The molecule has 72 valence electrons. The first-order valence-electron chi connectivity index (χ1n) is 4.70. The third kappa shape index (κ3) is 2.48. The first kappa shape index (κ1) is 10.6. The summed E-state index contributed by atoms with van der Waals surface area (Å²) in [5.41, 5.74) is 7.18. The Hall–Kier alpha value is -0.470. The van der Waals surface area contributed by atoms with Crippen molar-refractivity contribution in [2.24, 2.45) is 5.73 Å². The molecule has 0 saturated carbocycles. The van der Waals surface area contributed by atoms with Gasteiger partial charge in [0.05, 0.1) is 0 Å². The molecule has 1 aromatic carbocycles. The highest BCUT2D eigenvalue weighted by molar-refractivity contribution is 7.80. The molecule has 0 radical (unpaired) electrons. The van der Waals surface area contributed by atoms with Crippen LogP contribution in [0.2, 0.25) is 0 Å². The molecule has 2 N–H and O–H groups in total. The largest absolute Gasteiger partial charge is 0.327 e. The molecule has 1 aromatic rings. The van der Waals surface area contributed by atoms with Gasteiger partial charge in [-0.25, -0.2) is 0 Å². The molecule has 0 spiro atoms. The van der Waals surface area contributed by atoms with Crippen LogP contribution in [0.15, 0.2) is 29.2 Å². The van der Waals surface area contributed by atoms with E-state index < -0.39 is 0 Å². The van der Waals surface area contributed by atoms with Crippen molar-refractivity contribution in [3.8, 4) is 0 Å². The van der Waals surface area contributed by atoms with Gasteiger partial charge in [-0.2, -0.15) is 0 Å². The van der Waals surface area contributed by atoms with Crippen LogP contribution in [-0.2, 0) is 0 Å². The minimum absolute atomic E-state index is 0.193. The highest BCUT2D eigenvalue weighted by atomic mass is 32.1. The summed E-state index contributed by atoms with van der Waals surface area (Å²) >= 11 is 4.43. The average Bonchev–Trinajstić information content (AvgIpc) is 2.09. The Bertz CT molecular complexity index is 271. The molecule has 0 aliphatic carbocycles. The van der Waals surface area contributed by atoms with Gasteiger partial charge in [-0.3, -0.25) is 0 Å². The first-order valence-corrected chi connectivity index (χ1v) is 5.15. The molecule has 0 heterocycles. The van der Waals surface area contributed by atoms with Crippen molar-refractivity contribution in [3.05, 3.63) is 29.8 Å². The van der Waals surface area contributed by atoms with Crippen LogP contribution in [0.1, 0.15) is 31.7 Å². The molecule has 2 atom stereocenters. The predicted octanol–water partition coefficient (Wildman–Crippen LogP) is 2.82. The fraction of sp³-hybridized carbons (Fsp3) is 0.455. The van der Waals surface area contributed by atoms with E-state index in [1.165, 1.54) is 5.56 Å². The van der Waals surface area contributed by atoms with Crippen LogP contribution in [0.3, 0.4) is 0 Å². The standard InChI is InChI=1S/C11H17NS/c1-3-9(8(2)12)10-6-4-5-7-11(10)13/h4-9,13H,3,12H2,1-2H3. The Balaban J connectivity index is 2.97. The fourth-order valence-corrected chi connectivity index (χ4v) is 2.00. The summed E-state index contributed by atoms with van der Waals surface area (Å²) in [6, 6.07) is 8.36. The normalized spacial score (nSPS) is 15.4. The molecule has 0 amide bonds. The molecule has 0 aromatic heterocycles. The van der Waals surface area contributed by atoms with E-state index in [0.717, 1.165) is 11.3 Å². The van der Waals surface area contributed by atoms with Crippen LogP contribution >= 0.6 is 12.6 Å². The molecular formula is C11H17NS. The average molecular weight is 195 g/mol. The number of benzene rings is 1. The van der Waals surface area contributed by atoms with Gasteiger partial charge in [0.2, 0.25) is 0 Å². The van der Waals surface area contributed by atoms with Crippen molar-refractivity contribution in [2.45, 2.75) is 37.1 Å². The van der Waals surface area contributed by atoms with Crippen LogP contribution in [0.25, 0.3) is 0 Å². The van der Waals surface area contributed by atoms with Crippen LogP contribution in [0.4, 0.5) is 0 Å². The summed E-state index contributed by atoms with van der Waals surface area (Å²) in [7, 11) is 0. The lowest BCUT2D eigenvalue weighted by Gasteiger charge is -2.20. The van der Waals surface area contributed by atoms with Gasteiger partial charge in [0, 0.05) is 10.9 Å². The van der Waals surface area contributed by atoms with Gasteiger partial charge in [-0.05, 0) is 30.9 Å². The number of rotatable bonds is 3. The second-order valence-corrected chi connectivity index (χ2v) is 3.91. The van der Waals surface area contributed by atoms with E-state index >= 15 is 0 Å². The zero-order valence-electron chi connectivity index (χ0n) is 8.20. The van der Waals surface area contributed by atoms with Gasteiger partial charge in [-0.1, -0.05) is 25.1 Å². The van der Waals surface area contributed by atoms with E-state index in [1.807, 2.05) is 25.1 Å². The number of thiol groups is 1. The molecule has 2 heteroatoms. The summed E-state index contributed by atoms with van der Waals surface area (Å²) in [6.45, 7) is 4.21. The lowest BCUT2D eigenvalue weighted by Crippen LogP contribution is -2.24. The molecule has 13 heavy (non-hydrogen) atoms. The maximum atomic E-state index is 5.91. The Morgan fingerprint density at radius 1 is 1.38 bits per heavy atom. The van der Waals surface area contributed by atoms with Crippen molar-refractivity contribution in [1.82, 2.24) is 0 Å². The maximum absolute atomic E-state index is 5.91. The molecule has 0 bridgehead atoms. The molecule has 0 saturated heterocycles. The minimum atomic E-state index is 0.193. The SMILES string of the molecule is CCC(c1ccccc1S)C(C)N. The highest BCUT2D eigenvalue weighted by Gasteiger charge is 2.15. The van der Waals surface area contributed by atoms with Crippen molar-refractivity contribution in [1.29, 1.82) is 0 Å². The number of nitrogens with two attached hydrogens (primary N) is 1. The van der Waals surface area contributed by atoms with Crippen molar-refractivity contribution >= 4 is 12.6 Å². The zero-order valence-corrected chi connectivity index (χ0v) is 9.09. The molecule has 1 nitrogen and oxygen atoms in total. The predicted molar refractivity (Wildman–Crippen MR) is 60.4 cm³/mol. The summed E-state index contributed by atoms with van der Waals surface area (Å²) in [4.78, 5) is 1.05. The van der Waals surface area contributed by atoms with Gasteiger partial charge in [-0.15, -0.1) is 12.6 Å². The lowest BCUT2D eigenvalue weighted by molar-refractivity contribution is 0.545. The van der Waals surface area contributed by atoms with Gasteiger partial charge in [0.15, 0.2) is 0 Å². The monoisotopic (exact) mass is 195 g/mol. The summed E-state index contributed by atoms with van der Waals surface area (Å²) in [5, 5.41) is 0. The molecule has 0 aliphatic rings. The summed E-state index contributed by atoms with van der Waals surface area (Å²) < 4.78 is 0. The van der Waals surface area contributed by atoms with Crippen molar-refractivity contribution in [3.63, 3.8) is 0 Å². The van der Waals surface area contributed by atoms with Crippen LogP contribution < -0.4 is 5.73 Å². The topological polar surface area (TPSA) is 26.0 Å². The minimum Gasteiger partial charge on any atom is -0.327 e. The third-order valence-electron chi connectivity index (χ3n) is 2.41. The van der Waals surface area contributed by atoms with E-state index in [0.29, 0.717) is 5.92 Å². The number of hydrogen-bond donors (Lipinski definition) is 2. The smallest absolute Gasteiger partial charge is 0.00796 e. The summed E-state index contributed by atoms with van der Waals surface area (Å²) in [5.74, 6) is 0.425. The van der Waals surface area contributed by atoms with E-state index in [1.54, 1.807) is 0 Å². The van der Waals surface area contributed by atoms with E-state index in [2.05, 4.69) is 25.6 Å². The lowest BCUT2D eigenvalue weighted by atomic mass is 9.90. The maximum Gasteiger partial charge on any atom is 0.00796 e. The summed E-state index contributed by atoms with van der Waals surface area (Å²) in [6.07, 6.45) is 1.06. The number of hydrogen-bond acceptors (Lipinski definition) is 2. The highest BCUT2D eigenvalue weighted by Crippen LogP contribution is 2.27. The molecule has 2 unspecified atom stereocenters. The second kappa shape index (κ2) is 4.68. The molecule has 1 rings (SSSR count). The zero-order chi connectivity index (χ0) is 9.84. The van der Waals surface area contributed by atoms with Crippen molar-refractivity contribution < 1.29 is 0 Å². The van der Waals surface area contributed by atoms with E-state index in [-0.39, 0.29) is 6.04 Å². The van der Waals surface area contributed by atoms with Gasteiger partial charge < -0.3 is 5.73 Å². The molecular weight excluding hydrogens is 178 g/mol. The van der Waals surface area contributed by atoms with Gasteiger partial charge in [0.25, 0.3) is 0 Å². The quantitative estimate of drug-likeness (QED) is 0.713. The Kier molecular flexibility index (Phi) is 3.82. The Morgan fingerprint density at radius 2 is 2.00 bits per heavy atom. The van der Waals surface area contributed by atoms with Crippen molar-refractivity contribution in [2.75, 3.05) is 0 Å². The molecule has 0 aliphatic heterocycles. The van der Waals surface area contributed by atoms with E-state index in [4.69, 9.17) is 5.73 Å². The third-order valence-corrected chi connectivity index (χ3v) is 2.82. The van der Waals surface area contributed by atoms with Crippen LogP contribution in [-0.4, -0.2) is 6.04 Å². The van der Waals surface area contributed by atoms with E-state index in [9.17, 15) is 0 Å². The second-order valence-electron chi connectivity index (χ2n) is 3.43. The van der Waals surface area contributed by atoms with Gasteiger partial charge >= 0.3 is 0 Å². The van der Waals surface area contributed by atoms with Crippen LogP contribution in [0, 0.1) is 0 Å². The first-order chi connectivity index (χ1) is 6.16. The fourth-order valence-electron chi connectivity index (χ4n) is 1.68. The Morgan fingerprint density at radius 3 is 2.46 bits per heavy atom.